The van der Waals surface area contributed by atoms with Crippen molar-refractivity contribution in [2.75, 3.05) is 23.7 Å². The largest absolute Gasteiger partial charge is 0.356 e. The molecule has 2 amide bonds. The maximum Gasteiger partial charge on any atom is 0.227 e. The number of thioether (sulfide) groups is 1. The highest BCUT2D eigenvalue weighted by Gasteiger charge is 2.22. The number of carbonyl (C=O) groups is 2. The van der Waals surface area contributed by atoms with Gasteiger partial charge in [0.1, 0.15) is 5.82 Å². The van der Waals surface area contributed by atoms with E-state index in [9.17, 15) is 9.59 Å². The number of rotatable bonds is 7. The number of carbonyl (C=O) groups excluding carboxylic acids is 2. The molecular weight excluding hydrogens is 384 g/mol. The van der Waals surface area contributed by atoms with E-state index in [0.717, 1.165) is 46.0 Å². The van der Waals surface area contributed by atoms with Crippen molar-refractivity contribution >= 4 is 40.3 Å². The first-order valence-electron chi connectivity index (χ1n) is 9.93. The number of aryl methyl sites for hydroxylation is 1. The predicted molar refractivity (Wildman–Crippen MR) is 116 cm³/mol. The second-order valence-corrected chi connectivity index (χ2v) is 8.15. The number of amides is 2. The molecule has 6 nitrogen and oxygen atoms in total. The molecule has 0 atom stereocenters. The number of benzene rings is 2. The zero-order chi connectivity index (χ0) is 20.1. The van der Waals surface area contributed by atoms with Crippen molar-refractivity contribution in [3.8, 4) is 0 Å². The highest BCUT2D eigenvalue weighted by Crippen LogP contribution is 2.34. The second-order valence-electron chi connectivity index (χ2n) is 7.02. The SMILES string of the molecule is O=C(CCC(=O)N1CCSc2ccccc21)NCCCc1nc2ccccc2[nH]1. The third-order valence-electron chi connectivity index (χ3n) is 4.95. The van der Waals surface area contributed by atoms with Crippen LogP contribution in [0, 0.1) is 0 Å². The molecular formula is C22H24N4O2S. The van der Waals surface area contributed by atoms with Crippen LogP contribution >= 0.6 is 11.8 Å². The van der Waals surface area contributed by atoms with Crippen LogP contribution in [0.3, 0.4) is 0 Å². The number of nitrogens with one attached hydrogen (secondary N) is 2. The molecule has 0 fully saturated rings. The fourth-order valence-electron chi connectivity index (χ4n) is 3.48. The highest BCUT2D eigenvalue weighted by atomic mass is 32.2. The van der Waals surface area contributed by atoms with E-state index in [1.54, 1.807) is 16.7 Å². The number of H-pyrrole nitrogens is 1. The molecule has 2 aromatic carbocycles. The monoisotopic (exact) mass is 408 g/mol. The molecule has 7 heteroatoms. The van der Waals surface area contributed by atoms with Crippen LogP contribution in [0.5, 0.6) is 0 Å². The minimum absolute atomic E-state index is 0.00942. The highest BCUT2D eigenvalue weighted by molar-refractivity contribution is 7.99. The fraction of sp³-hybridized carbons (Fsp3) is 0.318. The van der Waals surface area contributed by atoms with Crippen molar-refractivity contribution in [1.29, 1.82) is 0 Å². The Labute approximate surface area is 174 Å². The van der Waals surface area contributed by atoms with Crippen LogP contribution < -0.4 is 10.2 Å². The Bertz CT molecular complexity index is 984. The van der Waals surface area contributed by atoms with Crippen LogP contribution in [-0.2, 0) is 16.0 Å². The number of aromatic amines is 1. The van der Waals surface area contributed by atoms with Crippen molar-refractivity contribution in [2.24, 2.45) is 0 Å². The third kappa shape index (κ3) is 4.79. The Hall–Kier alpha value is -2.80. The van der Waals surface area contributed by atoms with Crippen molar-refractivity contribution in [3.63, 3.8) is 0 Å². The third-order valence-corrected chi connectivity index (χ3v) is 5.99. The summed E-state index contributed by atoms with van der Waals surface area (Å²) in [5.74, 6) is 1.74. The Morgan fingerprint density at radius 3 is 2.83 bits per heavy atom. The summed E-state index contributed by atoms with van der Waals surface area (Å²) in [7, 11) is 0. The van der Waals surface area contributed by atoms with E-state index in [2.05, 4.69) is 15.3 Å². The fourth-order valence-corrected chi connectivity index (χ4v) is 4.47. The van der Waals surface area contributed by atoms with Gasteiger partial charge in [0.05, 0.1) is 16.7 Å². The van der Waals surface area contributed by atoms with Crippen molar-refractivity contribution in [1.82, 2.24) is 15.3 Å². The molecule has 0 saturated heterocycles. The number of hydrogen-bond acceptors (Lipinski definition) is 4. The summed E-state index contributed by atoms with van der Waals surface area (Å²) in [5.41, 5.74) is 2.95. The van der Waals surface area contributed by atoms with E-state index < -0.39 is 0 Å². The number of anilines is 1. The minimum atomic E-state index is -0.0809. The lowest BCUT2D eigenvalue weighted by Gasteiger charge is -2.29. The number of nitrogens with zero attached hydrogens (tertiary/aromatic N) is 2. The van der Waals surface area contributed by atoms with Crippen LogP contribution in [0.1, 0.15) is 25.1 Å². The molecule has 0 bridgehead atoms. The number of para-hydroxylation sites is 3. The smallest absolute Gasteiger partial charge is 0.227 e. The first-order chi connectivity index (χ1) is 14.2. The van der Waals surface area contributed by atoms with Gasteiger partial charge in [-0.1, -0.05) is 24.3 Å². The number of fused-ring (bicyclic) bond motifs is 2. The van der Waals surface area contributed by atoms with E-state index in [-0.39, 0.29) is 24.7 Å². The first-order valence-corrected chi connectivity index (χ1v) is 10.9. The summed E-state index contributed by atoms with van der Waals surface area (Å²) in [6, 6.07) is 15.9. The van der Waals surface area contributed by atoms with Gasteiger partial charge in [-0.3, -0.25) is 9.59 Å². The summed E-state index contributed by atoms with van der Waals surface area (Å²) in [5, 5.41) is 2.91. The number of imidazole rings is 1. The van der Waals surface area contributed by atoms with E-state index in [0.29, 0.717) is 13.1 Å². The summed E-state index contributed by atoms with van der Waals surface area (Å²) in [6.45, 7) is 1.27. The Morgan fingerprint density at radius 2 is 1.93 bits per heavy atom. The second kappa shape index (κ2) is 9.13. The average molecular weight is 409 g/mol. The van der Waals surface area contributed by atoms with Gasteiger partial charge >= 0.3 is 0 Å². The zero-order valence-corrected chi connectivity index (χ0v) is 17.0. The predicted octanol–water partition coefficient (Wildman–Crippen LogP) is 3.53. The molecule has 1 aliphatic rings. The summed E-state index contributed by atoms with van der Waals surface area (Å²) in [6.07, 6.45) is 2.02. The standard InChI is InChI=1S/C22H24N4O2S/c27-21(23-13-5-10-20-24-16-6-1-2-7-17(16)25-20)11-12-22(28)26-14-15-29-19-9-4-3-8-18(19)26/h1-4,6-9H,5,10-15H2,(H,23,27)(H,24,25). The summed E-state index contributed by atoms with van der Waals surface area (Å²) >= 11 is 1.77. The van der Waals surface area contributed by atoms with Gasteiger partial charge in [0.2, 0.25) is 11.8 Å². The van der Waals surface area contributed by atoms with Gasteiger partial charge in [0.15, 0.2) is 0 Å². The molecule has 1 aliphatic heterocycles. The van der Waals surface area contributed by atoms with E-state index >= 15 is 0 Å². The van der Waals surface area contributed by atoms with E-state index in [1.165, 1.54) is 0 Å². The van der Waals surface area contributed by atoms with Crippen molar-refractivity contribution < 1.29 is 9.59 Å². The van der Waals surface area contributed by atoms with Crippen LogP contribution in [-0.4, -0.2) is 40.6 Å². The minimum Gasteiger partial charge on any atom is -0.356 e. The van der Waals surface area contributed by atoms with Gasteiger partial charge in [0, 0.05) is 43.0 Å². The quantitative estimate of drug-likeness (QED) is 0.586. The molecule has 2 N–H and O–H groups in total. The Morgan fingerprint density at radius 1 is 1.10 bits per heavy atom. The summed E-state index contributed by atoms with van der Waals surface area (Å²) in [4.78, 5) is 35.5. The molecule has 1 aromatic heterocycles. The average Bonchev–Trinajstić information content (AvgIpc) is 3.17. The van der Waals surface area contributed by atoms with Gasteiger partial charge in [-0.15, -0.1) is 11.8 Å². The van der Waals surface area contributed by atoms with Gasteiger partial charge < -0.3 is 15.2 Å². The number of hydrogen-bond donors (Lipinski definition) is 2. The maximum atomic E-state index is 12.6. The van der Waals surface area contributed by atoms with Crippen molar-refractivity contribution in [2.45, 2.75) is 30.6 Å². The van der Waals surface area contributed by atoms with Crippen LogP contribution in [0.15, 0.2) is 53.4 Å². The van der Waals surface area contributed by atoms with Gasteiger partial charge in [-0.2, -0.15) is 0 Å². The maximum absolute atomic E-state index is 12.6. The van der Waals surface area contributed by atoms with E-state index in [1.807, 2.05) is 48.5 Å². The molecule has 3 aromatic rings. The summed E-state index contributed by atoms with van der Waals surface area (Å²) < 4.78 is 0. The van der Waals surface area contributed by atoms with E-state index in [4.69, 9.17) is 0 Å². The molecule has 0 saturated carbocycles. The lowest BCUT2D eigenvalue weighted by atomic mass is 10.2. The molecule has 0 radical (unpaired) electrons. The molecule has 150 valence electrons. The first kappa shape index (κ1) is 19.5. The van der Waals surface area contributed by atoms with Gasteiger partial charge in [-0.05, 0) is 30.7 Å². The molecule has 29 heavy (non-hydrogen) atoms. The van der Waals surface area contributed by atoms with Crippen molar-refractivity contribution in [3.05, 3.63) is 54.4 Å². The van der Waals surface area contributed by atoms with Gasteiger partial charge in [-0.25, -0.2) is 4.98 Å². The Balaban J connectivity index is 1.19. The molecule has 0 spiro atoms. The molecule has 0 unspecified atom stereocenters. The lowest BCUT2D eigenvalue weighted by Crippen LogP contribution is -2.36. The topological polar surface area (TPSA) is 78.1 Å². The van der Waals surface area contributed by atoms with Gasteiger partial charge in [0.25, 0.3) is 0 Å². The van der Waals surface area contributed by atoms with Crippen LogP contribution in [0.25, 0.3) is 11.0 Å². The normalized spacial score (nSPS) is 13.3. The molecule has 4 rings (SSSR count). The molecule has 0 aliphatic carbocycles. The van der Waals surface area contributed by atoms with Crippen LogP contribution in [0.4, 0.5) is 5.69 Å². The number of aromatic nitrogens is 2. The lowest BCUT2D eigenvalue weighted by molar-refractivity contribution is -0.125. The molecule has 2 heterocycles. The Kier molecular flexibility index (Phi) is 6.14. The zero-order valence-electron chi connectivity index (χ0n) is 16.2. The van der Waals surface area contributed by atoms with Crippen LogP contribution in [0.2, 0.25) is 0 Å².